The molecule has 0 atom stereocenters. The lowest BCUT2D eigenvalue weighted by atomic mass is 10.3. The molecule has 0 aromatic carbocycles. The Balaban J connectivity index is 4.15. The number of carbonyl (C=O) groups is 2. The molecule has 6 nitrogen and oxygen atoms in total. The molecule has 0 saturated heterocycles. The van der Waals surface area contributed by atoms with Crippen LogP contribution in [0.1, 0.15) is 33.1 Å². The zero-order valence-electron chi connectivity index (χ0n) is 11.9. The maximum absolute atomic E-state index is 11.5. The van der Waals surface area contributed by atoms with Crippen LogP contribution in [0.3, 0.4) is 0 Å². The lowest BCUT2D eigenvalue weighted by molar-refractivity contribution is -0.155. The molecule has 20 heavy (non-hydrogen) atoms. The number of carbonyl (C=O) groups excluding carboxylic acids is 2. The van der Waals surface area contributed by atoms with Crippen molar-refractivity contribution < 1.29 is 29.3 Å². The van der Waals surface area contributed by atoms with E-state index in [9.17, 15) is 9.59 Å². The molecule has 0 radical (unpaired) electrons. The van der Waals surface area contributed by atoms with E-state index >= 15 is 0 Å². The molecule has 0 spiro atoms. The summed E-state index contributed by atoms with van der Waals surface area (Å²) in [6.07, 6.45) is 4.65. The molecule has 0 amide bonds. The van der Waals surface area contributed by atoms with Crippen LogP contribution in [0.2, 0.25) is 0 Å². The van der Waals surface area contributed by atoms with Crippen molar-refractivity contribution in [1.29, 1.82) is 0 Å². The lowest BCUT2D eigenvalue weighted by Gasteiger charge is -2.12. The van der Waals surface area contributed by atoms with Crippen LogP contribution in [-0.4, -0.2) is 41.5 Å². The fourth-order valence-electron chi connectivity index (χ4n) is 1.27. The van der Waals surface area contributed by atoms with E-state index in [4.69, 9.17) is 19.7 Å². The molecule has 0 fully saturated rings. The maximum atomic E-state index is 11.5. The Labute approximate surface area is 118 Å². The molecule has 0 bridgehead atoms. The van der Waals surface area contributed by atoms with Gasteiger partial charge in [0.15, 0.2) is 0 Å². The van der Waals surface area contributed by atoms with Crippen molar-refractivity contribution in [2.75, 3.05) is 13.2 Å². The van der Waals surface area contributed by atoms with Crippen LogP contribution in [0.4, 0.5) is 0 Å². The minimum atomic E-state index is -0.947. The summed E-state index contributed by atoms with van der Waals surface area (Å²) in [5.41, 5.74) is 0. The highest BCUT2D eigenvalue weighted by Gasteiger charge is 2.14. The third kappa shape index (κ3) is 8.44. The molecule has 0 aromatic heterocycles. The number of hydrogen-bond donors (Lipinski definition) is 2. The van der Waals surface area contributed by atoms with Gasteiger partial charge in [0.25, 0.3) is 0 Å². The highest BCUT2D eigenvalue weighted by molar-refractivity contribution is 5.78. The Morgan fingerprint density at radius 2 is 1.75 bits per heavy atom. The average Bonchev–Trinajstić information content (AvgIpc) is 2.43. The van der Waals surface area contributed by atoms with Crippen molar-refractivity contribution in [3.8, 4) is 0 Å². The van der Waals surface area contributed by atoms with Crippen molar-refractivity contribution in [2.24, 2.45) is 0 Å². The van der Waals surface area contributed by atoms with Gasteiger partial charge in [-0.05, 0) is 25.5 Å². The molecule has 0 aliphatic carbocycles. The first-order valence-corrected chi connectivity index (χ1v) is 6.52. The summed E-state index contributed by atoms with van der Waals surface area (Å²) in [6, 6.07) is 0. The number of esters is 2. The largest absolute Gasteiger partial charge is 0.457 e. The Kier molecular flexibility index (Phi) is 10.3. The van der Waals surface area contributed by atoms with Gasteiger partial charge in [-0.1, -0.05) is 13.0 Å². The topological polar surface area (TPSA) is 93.1 Å². The van der Waals surface area contributed by atoms with Gasteiger partial charge in [0, 0.05) is 0 Å². The Morgan fingerprint density at radius 3 is 2.25 bits per heavy atom. The molecule has 0 heterocycles. The molecule has 2 N–H and O–H groups in total. The molecule has 0 unspecified atom stereocenters. The van der Waals surface area contributed by atoms with Crippen LogP contribution in [0.25, 0.3) is 0 Å². The number of hydrogen-bond acceptors (Lipinski definition) is 6. The minimum absolute atomic E-state index is 0.124. The van der Waals surface area contributed by atoms with E-state index in [1.165, 1.54) is 0 Å². The summed E-state index contributed by atoms with van der Waals surface area (Å²) in [4.78, 5) is 22.9. The predicted molar refractivity (Wildman–Crippen MR) is 72.6 cm³/mol. The molecule has 114 valence electrons. The van der Waals surface area contributed by atoms with E-state index < -0.39 is 31.3 Å². The van der Waals surface area contributed by atoms with E-state index in [1.54, 1.807) is 25.2 Å². The van der Waals surface area contributed by atoms with Gasteiger partial charge in [-0.25, -0.2) is 0 Å². The number of aliphatic hydroxyl groups is 2. The van der Waals surface area contributed by atoms with Crippen LogP contribution in [0.5, 0.6) is 0 Å². The molecule has 0 aromatic rings. The summed E-state index contributed by atoms with van der Waals surface area (Å²) in [7, 11) is 0. The second-order valence-electron chi connectivity index (χ2n) is 3.97. The quantitative estimate of drug-likeness (QED) is 0.374. The van der Waals surface area contributed by atoms with Gasteiger partial charge in [-0.3, -0.25) is 9.59 Å². The zero-order chi connectivity index (χ0) is 15.4. The Bertz CT molecular complexity index is 355. The van der Waals surface area contributed by atoms with Gasteiger partial charge in [0.05, 0.1) is 26.1 Å². The highest BCUT2D eigenvalue weighted by Crippen LogP contribution is 2.06. The third-order valence-electron chi connectivity index (χ3n) is 2.21. The first-order valence-electron chi connectivity index (χ1n) is 6.52. The summed E-state index contributed by atoms with van der Waals surface area (Å²) < 4.78 is 9.79. The van der Waals surface area contributed by atoms with Crippen molar-refractivity contribution in [3.05, 3.63) is 24.0 Å². The van der Waals surface area contributed by atoms with Crippen LogP contribution in [0, 0.1) is 0 Å². The molecule has 0 aliphatic rings. The van der Waals surface area contributed by atoms with Gasteiger partial charge in [0.2, 0.25) is 0 Å². The molecule has 0 rings (SSSR count). The maximum Gasteiger partial charge on any atom is 0.311 e. The first kappa shape index (κ1) is 18.3. The van der Waals surface area contributed by atoms with Gasteiger partial charge < -0.3 is 19.7 Å². The summed E-state index contributed by atoms with van der Waals surface area (Å²) in [6.45, 7) is 2.80. The van der Waals surface area contributed by atoms with Crippen molar-refractivity contribution in [1.82, 2.24) is 0 Å². The fraction of sp³-hybridized carbons (Fsp3) is 0.571. The highest BCUT2D eigenvalue weighted by atomic mass is 16.6. The van der Waals surface area contributed by atoms with E-state index in [1.807, 2.05) is 6.92 Å². The second-order valence-corrected chi connectivity index (χ2v) is 3.97. The van der Waals surface area contributed by atoms with Crippen LogP contribution in [0.15, 0.2) is 24.0 Å². The number of aliphatic hydroxyl groups excluding tert-OH is 2. The summed E-state index contributed by atoms with van der Waals surface area (Å²) in [5.74, 6) is -0.761. The fourth-order valence-corrected chi connectivity index (χ4v) is 1.27. The number of allylic oxidation sites excluding steroid dienone is 3. The number of rotatable bonds is 9. The van der Waals surface area contributed by atoms with Crippen LogP contribution >= 0.6 is 0 Å². The van der Waals surface area contributed by atoms with Crippen LogP contribution in [-0.2, 0) is 19.1 Å². The molecular formula is C14H22O6. The SMILES string of the molecule is CC=CC(=CCC)OC(=O)CCC(=O)OC(CO)CO. The van der Waals surface area contributed by atoms with Gasteiger partial charge >= 0.3 is 11.9 Å². The first-order chi connectivity index (χ1) is 9.57. The average molecular weight is 286 g/mol. The summed E-state index contributed by atoms with van der Waals surface area (Å²) >= 11 is 0. The number of ether oxygens (including phenoxy) is 2. The van der Waals surface area contributed by atoms with E-state index in [-0.39, 0.29) is 12.8 Å². The molecule has 0 saturated carbocycles. The minimum Gasteiger partial charge on any atom is -0.457 e. The van der Waals surface area contributed by atoms with E-state index in [0.717, 1.165) is 6.42 Å². The zero-order valence-corrected chi connectivity index (χ0v) is 11.9. The lowest BCUT2D eigenvalue weighted by Crippen LogP contribution is -2.25. The van der Waals surface area contributed by atoms with Crippen LogP contribution < -0.4 is 0 Å². The van der Waals surface area contributed by atoms with Crippen molar-refractivity contribution in [3.63, 3.8) is 0 Å². The third-order valence-corrected chi connectivity index (χ3v) is 2.21. The smallest absolute Gasteiger partial charge is 0.311 e. The Morgan fingerprint density at radius 1 is 1.15 bits per heavy atom. The summed E-state index contributed by atoms with van der Waals surface area (Å²) in [5, 5.41) is 17.5. The predicted octanol–water partition coefficient (Wildman–Crippen LogP) is 1.08. The standard InChI is InChI=1S/C14H22O6/c1-3-5-11(6-4-2)19-13(17)7-8-14(18)20-12(9-15)10-16/h3,5-6,12,15-16H,4,7-10H2,1-2H3. The molecule has 0 aliphatic heterocycles. The molecular weight excluding hydrogens is 264 g/mol. The van der Waals surface area contributed by atoms with Crippen molar-refractivity contribution >= 4 is 11.9 Å². The Hall–Kier alpha value is -1.66. The normalized spacial score (nSPS) is 11.9. The van der Waals surface area contributed by atoms with Gasteiger partial charge in [-0.2, -0.15) is 0 Å². The van der Waals surface area contributed by atoms with Gasteiger partial charge in [-0.15, -0.1) is 0 Å². The van der Waals surface area contributed by atoms with E-state index in [2.05, 4.69) is 0 Å². The monoisotopic (exact) mass is 286 g/mol. The molecule has 6 heteroatoms. The van der Waals surface area contributed by atoms with Crippen molar-refractivity contribution in [2.45, 2.75) is 39.2 Å². The van der Waals surface area contributed by atoms with E-state index in [0.29, 0.717) is 5.76 Å². The second kappa shape index (κ2) is 11.2. The van der Waals surface area contributed by atoms with Gasteiger partial charge in [0.1, 0.15) is 11.9 Å².